The summed E-state index contributed by atoms with van der Waals surface area (Å²) < 4.78 is 8.84. The molecule has 2 heterocycles. The van der Waals surface area contributed by atoms with E-state index in [-0.39, 0.29) is 48.0 Å². The molecule has 0 radical (unpaired) electrons. The van der Waals surface area contributed by atoms with Crippen LogP contribution in [-0.2, 0) is 41.0 Å². The van der Waals surface area contributed by atoms with Gasteiger partial charge in [0, 0.05) is 12.8 Å². The second kappa shape index (κ2) is 9.01. The highest BCUT2D eigenvalue weighted by Crippen LogP contribution is 2.04. The predicted octanol–water partition coefficient (Wildman–Crippen LogP) is -5.41. The Labute approximate surface area is 155 Å². The van der Waals surface area contributed by atoms with E-state index in [1.54, 1.807) is 0 Å². The molecule has 0 fully saturated rings. The number of nitrogens with zero attached hydrogens (tertiary/aromatic N) is 4. The smallest absolute Gasteiger partial charge is 0.255 e. The summed E-state index contributed by atoms with van der Waals surface area (Å²) in [6, 6.07) is 0. The van der Waals surface area contributed by atoms with Crippen LogP contribution in [0.25, 0.3) is 0 Å². The molecule has 6 heteroatoms. The van der Waals surface area contributed by atoms with Gasteiger partial charge in [0.05, 0.1) is 28.2 Å². The Morgan fingerprint density at radius 3 is 1.40 bits per heavy atom. The van der Waals surface area contributed by atoms with Crippen molar-refractivity contribution in [2.75, 3.05) is 0 Å². The summed E-state index contributed by atoms with van der Waals surface area (Å²) in [5.74, 6) is 2.79. The fourth-order valence-corrected chi connectivity index (χ4v) is 2.51. The van der Waals surface area contributed by atoms with Crippen molar-refractivity contribution in [3.05, 3.63) is 36.4 Å². The van der Waals surface area contributed by atoms with Gasteiger partial charge in [-0.05, 0) is 12.8 Å². The number of unbranched alkanes of at least 4 members (excludes halogenated alkanes) is 1. The summed E-state index contributed by atoms with van der Waals surface area (Å²) in [5.41, 5.74) is 0. The third-order valence-corrected chi connectivity index (χ3v) is 3.71. The summed E-state index contributed by atoms with van der Waals surface area (Å²) in [6.45, 7) is 0. The van der Waals surface area contributed by atoms with E-state index in [1.807, 2.05) is 0 Å². The van der Waals surface area contributed by atoms with Gasteiger partial charge in [-0.25, -0.2) is 18.3 Å². The first-order chi connectivity index (χ1) is 8.59. The van der Waals surface area contributed by atoms with E-state index in [2.05, 4.69) is 71.2 Å². The van der Waals surface area contributed by atoms with Crippen molar-refractivity contribution in [3.63, 3.8) is 0 Å². The van der Waals surface area contributed by atoms with Crippen molar-refractivity contribution in [1.82, 2.24) is 9.13 Å². The molecule has 2 aromatic heterocycles. The highest BCUT2D eigenvalue weighted by atomic mass is 127. The molecule has 114 valence electrons. The van der Waals surface area contributed by atoms with Gasteiger partial charge in [0.1, 0.15) is 24.8 Å². The summed E-state index contributed by atoms with van der Waals surface area (Å²) in [5, 5.41) is 0. The van der Waals surface area contributed by atoms with Gasteiger partial charge in [-0.3, -0.25) is 0 Å². The fourth-order valence-electron chi connectivity index (χ4n) is 2.51. The maximum Gasteiger partial charge on any atom is 0.255 e. The molecule has 2 rings (SSSR count). The van der Waals surface area contributed by atoms with Crippen molar-refractivity contribution < 1.29 is 57.1 Å². The molecule has 0 bridgehead atoms. The molecule has 0 amide bonds. The lowest BCUT2D eigenvalue weighted by Crippen LogP contribution is -3.00. The normalized spacial score (nSPS) is 10.0. The van der Waals surface area contributed by atoms with Crippen LogP contribution < -0.4 is 57.1 Å². The van der Waals surface area contributed by atoms with Gasteiger partial charge in [-0.2, -0.15) is 0 Å². The van der Waals surface area contributed by atoms with Crippen molar-refractivity contribution >= 4 is 0 Å². The van der Waals surface area contributed by atoms with Crippen molar-refractivity contribution in [3.8, 4) is 0 Å². The molecule has 20 heavy (non-hydrogen) atoms. The Bertz CT molecular complexity index is 444. The van der Waals surface area contributed by atoms with Gasteiger partial charge >= 0.3 is 0 Å². The van der Waals surface area contributed by atoms with Crippen molar-refractivity contribution in [1.29, 1.82) is 0 Å². The van der Waals surface area contributed by atoms with Gasteiger partial charge in [0.15, 0.2) is 0 Å². The lowest BCUT2D eigenvalue weighted by atomic mass is 10.2. The lowest BCUT2D eigenvalue weighted by Gasteiger charge is -2.00. The number of aromatic nitrogens is 4. The predicted molar refractivity (Wildman–Crippen MR) is 69.8 cm³/mol. The molecule has 0 unspecified atom stereocenters. The first-order valence-electron chi connectivity index (χ1n) is 6.59. The lowest BCUT2D eigenvalue weighted by molar-refractivity contribution is -0.679. The van der Waals surface area contributed by atoms with E-state index in [0.717, 1.165) is 12.8 Å². The summed E-state index contributed by atoms with van der Waals surface area (Å²) in [6.07, 6.45) is 13.2. The second-order valence-corrected chi connectivity index (χ2v) is 5.08. The molecule has 0 saturated heterocycles. The van der Waals surface area contributed by atoms with Crippen LogP contribution in [-0.4, -0.2) is 9.13 Å². The molecule has 0 atom stereocenters. The standard InChI is InChI=1S/C14H24N4.2HI/c1-15-9-10-16(2)13(15)7-5-6-8-14-17(3)11-12-18(14)4;;/h9-12H,5-8H2,1-4H3;2*1H/q+2;;/p-2. The number of imidazole rings is 2. The third-order valence-electron chi connectivity index (χ3n) is 3.71. The largest absolute Gasteiger partial charge is 1.00 e. The van der Waals surface area contributed by atoms with Crippen molar-refractivity contribution in [2.24, 2.45) is 28.2 Å². The quantitative estimate of drug-likeness (QED) is 0.221. The molecule has 0 saturated carbocycles. The average Bonchev–Trinajstić information content (AvgIpc) is 2.82. The van der Waals surface area contributed by atoms with Crippen LogP contribution in [0.4, 0.5) is 0 Å². The molecule has 0 aromatic carbocycles. The number of halogens is 2. The van der Waals surface area contributed by atoms with E-state index in [4.69, 9.17) is 0 Å². The zero-order chi connectivity index (χ0) is 13.1. The summed E-state index contributed by atoms with van der Waals surface area (Å²) in [7, 11) is 8.47. The number of rotatable bonds is 5. The molecule has 0 N–H and O–H groups in total. The van der Waals surface area contributed by atoms with Gasteiger partial charge in [0.25, 0.3) is 11.6 Å². The zero-order valence-electron chi connectivity index (χ0n) is 12.7. The summed E-state index contributed by atoms with van der Waals surface area (Å²) >= 11 is 0. The van der Waals surface area contributed by atoms with E-state index in [1.165, 1.54) is 24.5 Å². The average molecular weight is 502 g/mol. The molecule has 4 nitrogen and oxygen atoms in total. The highest BCUT2D eigenvalue weighted by molar-refractivity contribution is 4.84. The monoisotopic (exact) mass is 502 g/mol. The maximum atomic E-state index is 2.21. The third kappa shape index (κ3) is 4.71. The number of hydrogen-bond acceptors (Lipinski definition) is 0. The number of hydrogen-bond donors (Lipinski definition) is 0. The Morgan fingerprint density at radius 1 is 0.800 bits per heavy atom. The minimum absolute atomic E-state index is 0. The molecule has 2 aromatic rings. The van der Waals surface area contributed by atoms with E-state index >= 15 is 0 Å². The van der Waals surface area contributed by atoms with Crippen LogP contribution in [0.2, 0.25) is 0 Å². The molecule has 0 aliphatic carbocycles. The van der Waals surface area contributed by atoms with Crippen LogP contribution in [0.5, 0.6) is 0 Å². The van der Waals surface area contributed by atoms with Crippen LogP contribution >= 0.6 is 0 Å². The van der Waals surface area contributed by atoms with Gasteiger partial charge in [-0.15, -0.1) is 0 Å². The Balaban J connectivity index is 0.00000180. The first kappa shape index (κ1) is 19.9. The molecule has 0 aliphatic rings. The second-order valence-electron chi connectivity index (χ2n) is 5.08. The Morgan fingerprint density at radius 2 is 1.15 bits per heavy atom. The number of aryl methyl sites for hydroxylation is 4. The topological polar surface area (TPSA) is 17.6 Å². The molecule has 0 aliphatic heterocycles. The Kier molecular flexibility index (Phi) is 8.96. The van der Waals surface area contributed by atoms with E-state index < -0.39 is 0 Å². The van der Waals surface area contributed by atoms with Crippen LogP contribution in [0.15, 0.2) is 24.8 Å². The van der Waals surface area contributed by atoms with Gasteiger partial charge in [-0.1, -0.05) is 0 Å². The Hall–Kier alpha value is -0.120. The van der Waals surface area contributed by atoms with Gasteiger partial charge in [0.2, 0.25) is 0 Å². The fraction of sp³-hybridized carbons (Fsp3) is 0.571. The molecule has 0 spiro atoms. The molecular weight excluding hydrogens is 478 g/mol. The zero-order valence-corrected chi connectivity index (χ0v) is 17.0. The van der Waals surface area contributed by atoms with Gasteiger partial charge < -0.3 is 48.0 Å². The minimum atomic E-state index is 0. The van der Waals surface area contributed by atoms with Crippen LogP contribution in [0, 0.1) is 0 Å². The van der Waals surface area contributed by atoms with Crippen LogP contribution in [0.3, 0.4) is 0 Å². The minimum Gasteiger partial charge on any atom is -1.00 e. The molecular formula is C14H24I2N4. The highest BCUT2D eigenvalue weighted by Gasteiger charge is 2.13. The maximum absolute atomic E-state index is 2.21. The van der Waals surface area contributed by atoms with E-state index in [0.29, 0.717) is 0 Å². The first-order valence-corrected chi connectivity index (χ1v) is 6.59. The van der Waals surface area contributed by atoms with Crippen molar-refractivity contribution in [2.45, 2.75) is 25.7 Å². The van der Waals surface area contributed by atoms with Crippen LogP contribution in [0.1, 0.15) is 24.5 Å². The summed E-state index contributed by atoms with van der Waals surface area (Å²) in [4.78, 5) is 0. The SMILES string of the molecule is Cn1cc[n+](C)c1CCCCc1n(C)cc[n+]1C.[I-].[I-]. The van der Waals surface area contributed by atoms with E-state index in [9.17, 15) is 0 Å².